The molecule has 0 aliphatic heterocycles. The summed E-state index contributed by atoms with van der Waals surface area (Å²) in [7, 11) is 0. The SMILES string of the molecule is CCCC(O)Oc1ccc(C#N)cc1. The molecule has 0 aromatic heterocycles. The van der Waals surface area contributed by atoms with E-state index < -0.39 is 6.29 Å². The van der Waals surface area contributed by atoms with Crippen LogP contribution in [0.2, 0.25) is 0 Å². The van der Waals surface area contributed by atoms with Crippen LogP contribution in [0.4, 0.5) is 0 Å². The topological polar surface area (TPSA) is 53.2 Å². The Labute approximate surface area is 83.6 Å². The maximum atomic E-state index is 9.34. The Morgan fingerprint density at radius 2 is 2.07 bits per heavy atom. The van der Waals surface area contributed by atoms with Gasteiger partial charge in [-0.2, -0.15) is 5.26 Å². The second-order valence-corrected chi connectivity index (χ2v) is 3.00. The van der Waals surface area contributed by atoms with Crippen LogP contribution >= 0.6 is 0 Å². The number of aliphatic hydroxyl groups is 1. The van der Waals surface area contributed by atoms with E-state index in [-0.39, 0.29) is 0 Å². The number of hydrogen-bond donors (Lipinski definition) is 1. The van der Waals surface area contributed by atoms with Crippen molar-refractivity contribution < 1.29 is 9.84 Å². The Kier molecular flexibility index (Phi) is 3.96. The summed E-state index contributed by atoms with van der Waals surface area (Å²) in [5.74, 6) is 0.588. The van der Waals surface area contributed by atoms with Crippen molar-refractivity contribution in [2.45, 2.75) is 26.1 Å². The second-order valence-electron chi connectivity index (χ2n) is 3.00. The van der Waals surface area contributed by atoms with Crippen LogP contribution in [-0.4, -0.2) is 11.4 Å². The van der Waals surface area contributed by atoms with Gasteiger partial charge in [0.2, 0.25) is 0 Å². The highest BCUT2D eigenvalue weighted by molar-refractivity contribution is 5.34. The summed E-state index contributed by atoms with van der Waals surface area (Å²) in [5, 5.41) is 17.9. The maximum absolute atomic E-state index is 9.34. The first-order valence-corrected chi connectivity index (χ1v) is 4.61. The first-order valence-electron chi connectivity index (χ1n) is 4.61. The fourth-order valence-electron chi connectivity index (χ4n) is 1.07. The van der Waals surface area contributed by atoms with Crippen molar-refractivity contribution in [3.8, 4) is 11.8 Å². The van der Waals surface area contributed by atoms with E-state index in [4.69, 9.17) is 10.00 Å². The molecule has 14 heavy (non-hydrogen) atoms. The highest BCUT2D eigenvalue weighted by atomic mass is 16.6. The third kappa shape index (κ3) is 3.08. The van der Waals surface area contributed by atoms with Crippen LogP contribution in [0.25, 0.3) is 0 Å². The first-order chi connectivity index (χ1) is 6.76. The number of nitriles is 1. The number of nitrogens with zero attached hydrogens (tertiary/aromatic N) is 1. The molecule has 3 nitrogen and oxygen atoms in total. The monoisotopic (exact) mass is 191 g/mol. The van der Waals surface area contributed by atoms with E-state index in [9.17, 15) is 5.11 Å². The van der Waals surface area contributed by atoms with Gasteiger partial charge in [-0.25, -0.2) is 0 Å². The minimum atomic E-state index is -0.757. The standard InChI is InChI=1S/C11H13NO2/c1-2-3-11(13)14-10-6-4-9(8-12)5-7-10/h4-7,11,13H,2-3H2,1H3. The molecular weight excluding hydrogens is 178 g/mol. The summed E-state index contributed by atoms with van der Waals surface area (Å²) >= 11 is 0. The average Bonchev–Trinajstić information content (AvgIpc) is 2.19. The fourth-order valence-corrected chi connectivity index (χ4v) is 1.07. The molecule has 0 radical (unpaired) electrons. The second kappa shape index (κ2) is 5.25. The molecule has 0 saturated carbocycles. The molecule has 0 heterocycles. The highest BCUT2D eigenvalue weighted by Gasteiger charge is 2.03. The van der Waals surface area contributed by atoms with E-state index in [1.165, 1.54) is 0 Å². The lowest BCUT2D eigenvalue weighted by Crippen LogP contribution is -2.14. The minimum absolute atomic E-state index is 0.585. The largest absolute Gasteiger partial charge is 0.465 e. The van der Waals surface area contributed by atoms with Gasteiger partial charge in [0.1, 0.15) is 5.75 Å². The van der Waals surface area contributed by atoms with Crippen molar-refractivity contribution in [3.05, 3.63) is 29.8 Å². The lowest BCUT2D eigenvalue weighted by molar-refractivity contribution is -0.0233. The number of rotatable bonds is 4. The van der Waals surface area contributed by atoms with Crippen LogP contribution in [-0.2, 0) is 0 Å². The zero-order valence-electron chi connectivity index (χ0n) is 8.10. The van der Waals surface area contributed by atoms with Gasteiger partial charge in [-0.05, 0) is 24.3 Å². The summed E-state index contributed by atoms with van der Waals surface area (Å²) in [5.41, 5.74) is 0.585. The minimum Gasteiger partial charge on any atom is -0.465 e. The third-order valence-electron chi connectivity index (χ3n) is 1.79. The Hall–Kier alpha value is -1.53. The zero-order chi connectivity index (χ0) is 10.4. The molecule has 0 aliphatic carbocycles. The lowest BCUT2D eigenvalue weighted by atomic mass is 10.2. The van der Waals surface area contributed by atoms with E-state index in [0.29, 0.717) is 17.7 Å². The molecular formula is C11H13NO2. The molecule has 74 valence electrons. The van der Waals surface area contributed by atoms with Gasteiger partial charge >= 0.3 is 0 Å². The molecule has 0 amide bonds. The predicted octanol–water partition coefficient (Wildman–Crippen LogP) is 2.06. The summed E-state index contributed by atoms with van der Waals surface area (Å²) in [4.78, 5) is 0. The van der Waals surface area contributed by atoms with Gasteiger partial charge in [0.05, 0.1) is 11.6 Å². The summed E-state index contributed by atoms with van der Waals surface area (Å²) in [6.45, 7) is 1.98. The van der Waals surface area contributed by atoms with Crippen molar-refractivity contribution in [3.63, 3.8) is 0 Å². The smallest absolute Gasteiger partial charge is 0.197 e. The molecule has 0 bridgehead atoms. The van der Waals surface area contributed by atoms with Crippen molar-refractivity contribution in [1.82, 2.24) is 0 Å². The summed E-state index contributed by atoms with van der Waals surface area (Å²) in [6.07, 6.45) is 0.727. The quantitative estimate of drug-likeness (QED) is 0.741. The first kappa shape index (κ1) is 10.6. The van der Waals surface area contributed by atoms with Crippen molar-refractivity contribution in [1.29, 1.82) is 5.26 Å². The molecule has 3 heteroatoms. The molecule has 1 rings (SSSR count). The van der Waals surface area contributed by atoms with Gasteiger partial charge in [-0.3, -0.25) is 0 Å². The molecule has 0 aliphatic rings. The van der Waals surface area contributed by atoms with Crippen LogP contribution in [0.5, 0.6) is 5.75 Å². The van der Waals surface area contributed by atoms with E-state index in [1.807, 2.05) is 13.0 Å². The average molecular weight is 191 g/mol. The van der Waals surface area contributed by atoms with Crippen LogP contribution in [0, 0.1) is 11.3 Å². The normalized spacial score (nSPS) is 11.8. The van der Waals surface area contributed by atoms with Crippen LogP contribution in [0.1, 0.15) is 25.3 Å². The Morgan fingerprint density at radius 1 is 1.43 bits per heavy atom. The molecule has 0 spiro atoms. The Bertz CT molecular complexity index is 313. The maximum Gasteiger partial charge on any atom is 0.197 e. The predicted molar refractivity (Wildman–Crippen MR) is 52.7 cm³/mol. The molecule has 1 unspecified atom stereocenters. The molecule has 1 aromatic rings. The van der Waals surface area contributed by atoms with Crippen molar-refractivity contribution in [2.24, 2.45) is 0 Å². The molecule has 1 N–H and O–H groups in total. The molecule has 0 fully saturated rings. The van der Waals surface area contributed by atoms with Gasteiger partial charge in [0.25, 0.3) is 0 Å². The van der Waals surface area contributed by atoms with Crippen LogP contribution in [0.3, 0.4) is 0 Å². The number of aliphatic hydroxyl groups excluding tert-OH is 1. The van der Waals surface area contributed by atoms with Gasteiger partial charge in [-0.1, -0.05) is 13.3 Å². The van der Waals surface area contributed by atoms with Crippen LogP contribution in [0.15, 0.2) is 24.3 Å². The van der Waals surface area contributed by atoms with Crippen molar-refractivity contribution >= 4 is 0 Å². The third-order valence-corrected chi connectivity index (χ3v) is 1.79. The number of benzene rings is 1. The Morgan fingerprint density at radius 3 is 2.57 bits per heavy atom. The summed E-state index contributed by atoms with van der Waals surface area (Å²) in [6, 6.07) is 8.69. The van der Waals surface area contributed by atoms with E-state index >= 15 is 0 Å². The van der Waals surface area contributed by atoms with Crippen molar-refractivity contribution in [2.75, 3.05) is 0 Å². The Balaban J connectivity index is 2.56. The fraction of sp³-hybridized carbons (Fsp3) is 0.364. The molecule has 0 saturated heterocycles. The number of hydrogen-bond acceptors (Lipinski definition) is 3. The lowest BCUT2D eigenvalue weighted by Gasteiger charge is -2.11. The molecule has 1 aromatic carbocycles. The van der Waals surface area contributed by atoms with Gasteiger partial charge in [-0.15, -0.1) is 0 Å². The summed E-state index contributed by atoms with van der Waals surface area (Å²) < 4.78 is 5.20. The van der Waals surface area contributed by atoms with E-state index in [0.717, 1.165) is 6.42 Å². The van der Waals surface area contributed by atoms with Gasteiger partial charge in [0.15, 0.2) is 6.29 Å². The van der Waals surface area contributed by atoms with Gasteiger partial charge < -0.3 is 9.84 Å². The highest BCUT2D eigenvalue weighted by Crippen LogP contribution is 2.14. The number of ether oxygens (including phenoxy) is 1. The van der Waals surface area contributed by atoms with E-state index in [1.54, 1.807) is 24.3 Å². The van der Waals surface area contributed by atoms with Crippen LogP contribution < -0.4 is 4.74 Å². The molecule has 1 atom stereocenters. The van der Waals surface area contributed by atoms with E-state index in [2.05, 4.69) is 0 Å². The zero-order valence-corrected chi connectivity index (χ0v) is 8.10. The van der Waals surface area contributed by atoms with Gasteiger partial charge in [0, 0.05) is 6.42 Å².